The third kappa shape index (κ3) is 2.59. The number of rotatable bonds is 4. The molecule has 1 amide bonds. The van der Waals surface area contributed by atoms with Gasteiger partial charge in [0.2, 0.25) is 5.91 Å². The summed E-state index contributed by atoms with van der Waals surface area (Å²) in [5.74, 6) is 0.199. The van der Waals surface area contributed by atoms with Crippen molar-refractivity contribution in [1.29, 1.82) is 0 Å². The maximum absolute atomic E-state index is 12.4. The lowest BCUT2D eigenvalue weighted by Gasteiger charge is -2.26. The number of fused-ring (bicyclic) bond motifs is 1. The number of hydrogen-bond donors (Lipinski definition) is 2. The second kappa shape index (κ2) is 5.08. The van der Waals surface area contributed by atoms with Gasteiger partial charge in [-0.25, -0.2) is 0 Å². The van der Waals surface area contributed by atoms with Gasteiger partial charge in [0.25, 0.3) is 0 Å². The molecule has 1 aromatic rings. The van der Waals surface area contributed by atoms with Gasteiger partial charge in [-0.05, 0) is 37.1 Å². The molecule has 0 bridgehead atoms. The van der Waals surface area contributed by atoms with E-state index in [4.69, 9.17) is 0 Å². The van der Waals surface area contributed by atoms with Crippen LogP contribution in [0, 0.1) is 0 Å². The van der Waals surface area contributed by atoms with Gasteiger partial charge >= 0.3 is 0 Å². The molecule has 0 saturated heterocycles. The van der Waals surface area contributed by atoms with Gasteiger partial charge in [0.1, 0.15) is 0 Å². The Kier molecular flexibility index (Phi) is 3.44. The van der Waals surface area contributed by atoms with Gasteiger partial charge in [0, 0.05) is 23.5 Å². The average Bonchev–Trinajstić information content (AvgIpc) is 3.25. The normalized spacial score (nSPS) is 23.1. The molecule has 1 heterocycles. The summed E-state index contributed by atoms with van der Waals surface area (Å²) in [4.78, 5) is 12.4. The first-order chi connectivity index (χ1) is 9.24. The molecule has 2 N–H and O–H groups in total. The molecule has 19 heavy (non-hydrogen) atoms. The highest BCUT2D eigenvalue weighted by atomic mass is 32.2. The number of benzene rings is 1. The molecule has 1 saturated carbocycles. The van der Waals surface area contributed by atoms with E-state index in [-0.39, 0.29) is 11.8 Å². The van der Waals surface area contributed by atoms with Crippen molar-refractivity contribution in [3.8, 4) is 0 Å². The highest BCUT2D eigenvalue weighted by Gasteiger charge is 2.42. The molecule has 1 aliphatic carbocycles. The second-order valence-corrected chi connectivity index (χ2v) is 6.73. The Hall–Kier alpha value is -1.16. The van der Waals surface area contributed by atoms with Gasteiger partial charge in [0.15, 0.2) is 0 Å². The van der Waals surface area contributed by atoms with Crippen molar-refractivity contribution in [3.05, 3.63) is 29.8 Å². The van der Waals surface area contributed by atoms with Crippen LogP contribution in [0.1, 0.15) is 30.7 Å². The molecule has 0 spiro atoms. The van der Waals surface area contributed by atoms with Crippen molar-refractivity contribution in [3.63, 3.8) is 0 Å². The Morgan fingerprint density at radius 1 is 1.47 bits per heavy atom. The van der Waals surface area contributed by atoms with E-state index in [1.165, 1.54) is 12.8 Å². The molecule has 3 rings (SSSR count). The summed E-state index contributed by atoms with van der Waals surface area (Å²) in [6.45, 7) is 1.70. The molecule has 1 fully saturated rings. The SMILES string of the molecule is CSC1(CNC(=O)C2CCNc3ccccc32)CC1. The molecule has 102 valence electrons. The molecule has 1 aromatic carbocycles. The van der Waals surface area contributed by atoms with Gasteiger partial charge in [-0.1, -0.05) is 18.2 Å². The zero-order chi connectivity index (χ0) is 13.3. The maximum Gasteiger partial charge on any atom is 0.227 e. The van der Waals surface area contributed by atoms with E-state index in [0.29, 0.717) is 4.75 Å². The topological polar surface area (TPSA) is 41.1 Å². The fraction of sp³-hybridized carbons (Fsp3) is 0.533. The molecular weight excluding hydrogens is 256 g/mol. The van der Waals surface area contributed by atoms with Crippen molar-refractivity contribution in [2.45, 2.75) is 29.9 Å². The van der Waals surface area contributed by atoms with Crippen LogP contribution >= 0.6 is 11.8 Å². The summed E-state index contributed by atoms with van der Waals surface area (Å²) < 4.78 is 0.335. The third-order valence-electron chi connectivity index (χ3n) is 4.23. The molecule has 4 heteroatoms. The van der Waals surface area contributed by atoms with Gasteiger partial charge in [-0.3, -0.25) is 4.79 Å². The number of hydrogen-bond acceptors (Lipinski definition) is 3. The summed E-state index contributed by atoms with van der Waals surface area (Å²) in [5, 5.41) is 6.52. The van der Waals surface area contributed by atoms with Crippen molar-refractivity contribution in [2.24, 2.45) is 0 Å². The maximum atomic E-state index is 12.4. The van der Waals surface area contributed by atoms with Crippen LogP contribution in [0.3, 0.4) is 0 Å². The van der Waals surface area contributed by atoms with E-state index in [1.807, 2.05) is 23.9 Å². The fourth-order valence-electron chi connectivity index (χ4n) is 2.70. The van der Waals surface area contributed by atoms with E-state index in [1.54, 1.807) is 0 Å². The number of anilines is 1. The molecule has 1 aliphatic heterocycles. The minimum Gasteiger partial charge on any atom is -0.385 e. The Morgan fingerprint density at radius 3 is 3.00 bits per heavy atom. The molecule has 1 unspecified atom stereocenters. The minimum absolute atomic E-state index is 0.00936. The molecule has 0 aromatic heterocycles. The van der Waals surface area contributed by atoms with E-state index in [2.05, 4.69) is 29.0 Å². The van der Waals surface area contributed by atoms with Crippen LogP contribution in [-0.4, -0.2) is 30.0 Å². The Labute approximate surface area is 118 Å². The Bertz CT molecular complexity index is 485. The van der Waals surface area contributed by atoms with E-state index in [0.717, 1.165) is 30.8 Å². The summed E-state index contributed by atoms with van der Waals surface area (Å²) in [7, 11) is 0. The van der Waals surface area contributed by atoms with Crippen molar-refractivity contribution in [1.82, 2.24) is 5.32 Å². The van der Waals surface area contributed by atoms with Crippen LogP contribution < -0.4 is 10.6 Å². The molecule has 2 aliphatic rings. The first kappa shape index (κ1) is 12.9. The predicted octanol–water partition coefficient (Wildman–Crippen LogP) is 2.60. The van der Waals surface area contributed by atoms with Crippen LogP contribution in [0.5, 0.6) is 0 Å². The number of nitrogens with one attached hydrogen (secondary N) is 2. The Morgan fingerprint density at radius 2 is 2.26 bits per heavy atom. The zero-order valence-corrected chi connectivity index (χ0v) is 12.1. The summed E-state index contributed by atoms with van der Waals surface area (Å²) in [6, 6.07) is 8.14. The minimum atomic E-state index is 0.00936. The highest BCUT2D eigenvalue weighted by molar-refractivity contribution is 8.00. The first-order valence-corrected chi connectivity index (χ1v) is 8.12. The van der Waals surface area contributed by atoms with Crippen LogP contribution in [0.2, 0.25) is 0 Å². The second-order valence-electron chi connectivity index (χ2n) is 5.46. The lowest BCUT2D eigenvalue weighted by molar-refractivity contribution is -0.122. The van der Waals surface area contributed by atoms with E-state index >= 15 is 0 Å². The predicted molar refractivity (Wildman–Crippen MR) is 80.8 cm³/mol. The molecule has 0 radical (unpaired) electrons. The lowest BCUT2D eigenvalue weighted by Crippen LogP contribution is -2.37. The fourth-order valence-corrected chi connectivity index (χ4v) is 3.43. The number of carbonyl (C=O) groups excluding carboxylic acids is 1. The zero-order valence-electron chi connectivity index (χ0n) is 11.2. The number of para-hydroxylation sites is 1. The van der Waals surface area contributed by atoms with Crippen molar-refractivity contribution >= 4 is 23.4 Å². The summed E-state index contributed by atoms with van der Waals surface area (Å²) in [5.41, 5.74) is 2.25. The highest BCUT2D eigenvalue weighted by Crippen LogP contribution is 2.46. The van der Waals surface area contributed by atoms with Gasteiger partial charge in [-0.15, -0.1) is 0 Å². The average molecular weight is 276 g/mol. The Balaban J connectivity index is 1.67. The van der Waals surface area contributed by atoms with Crippen molar-refractivity contribution in [2.75, 3.05) is 24.7 Å². The third-order valence-corrected chi connectivity index (χ3v) is 5.65. The summed E-state index contributed by atoms with van der Waals surface area (Å²) >= 11 is 1.89. The first-order valence-electron chi connectivity index (χ1n) is 6.90. The van der Waals surface area contributed by atoms with Crippen LogP contribution in [0.25, 0.3) is 0 Å². The number of amides is 1. The van der Waals surface area contributed by atoms with Crippen LogP contribution in [0.4, 0.5) is 5.69 Å². The smallest absolute Gasteiger partial charge is 0.227 e. The lowest BCUT2D eigenvalue weighted by atomic mass is 9.90. The monoisotopic (exact) mass is 276 g/mol. The van der Waals surface area contributed by atoms with Crippen LogP contribution in [0.15, 0.2) is 24.3 Å². The van der Waals surface area contributed by atoms with Gasteiger partial charge in [0.05, 0.1) is 5.92 Å². The van der Waals surface area contributed by atoms with E-state index < -0.39 is 0 Å². The molecular formula is C15H20N2OS. The summed E-state index contributed by atoms with van der Waals surface area (Å²) in [6.07, 6.45) is 5.49. The van der Waals surface area contributed by atoms with Gasteiger partial charge < -0.3 is 10.6 Å². The molecule has 1 atom stereocenters. The van der Waals surface area contributed by atoms with Crippen molar-refractivity contribution < 1.29 is 4.79 Å². The van der Waals surface area contributed by atoms with Crippen LogP contribution in [-0.2, 0) is 4.79 Å². The van der Waals surface area contributed by atoms with E-state index in [9.17, 15) is 4.79 Å². The largest absolute Gasteiger partial charge is 0.385 e. The number of carbonyl (C=O) groups is 1. The number of thioether (sulfide) groups is 1. The standard InChI is InChI=1S/C15H20N2OS/c1-19-15(7-8-15)10-17-14(18)12-6-9-16-13-5-3-2-4-11(12)13/h2-5,12,16H,6-10H2,1H3,(H,17,18). The quantitative estimate of drug-likeness (QED) is 0.888. The van der Waals surface area contributed by atoms with Gasteiger partial charge in [-0.2, -0.15) is 11.8 Å². The molecule has 3 nitrogen and oxygen atoms in total.